The van der Waals surface area contributed by atoms with Crippen molar-refractivity contribution < 1.29 is 4.74 Å². The number of aromatic nitrogens is 1. The third-order valence-corrected chi connectivity index (χ3v) is 5.99. The molecule has 2 aliphatic heterocycles. The van der Waals surface area contributed by atoms with E-state index < -0.39 is 0 Å². The summed E-state index contributed by atoms with van der Waals surface area (Å²) in [6.07, 6.45) is 0. The third-order valence-electron chi connectivity index (χ3n) is 4.36. The molecule has 0 radical (unpaired) electrons. The lowest BCUT2D eigenvalue weighted by Gasteiger charge is -2.44. The standard InChI is InChI=1S/C19H25Cl2N5OS/c1-11-9-25(13(3)27-19(4,5)6)7-8-26(11)18-14(20)12(2)23-17(24-18)15-16(21)22-10-28-15/h10-11H,2-3,7-9H2,1,4-6H3,(H,23,24)/t11-/m1/s1. The van der Waals surface area contributed by atoms with Gasteiger partial charge in [0.25, 0.3) is 0 Å². The van der Waals surface area contributed by atoms with Gasteiger partial charge in [0, 0.05) is 25.7 Å². The fourth-order valence-electron chi connectivity index (χ4n) is 3.12. The number of rotatable bonds is 4. The van der Waals surface area contributed by atoms with E-state index in [0.717, 1.165) is 24.5 Å². The molecule has 1 atom stereocenters. The summed E-state index contributed by atoms with van der Waals surface area (Å²) in [5.41, 5.74) is 2.01. The lowest BCUT2D eigenvalue weighted by molar-refractivity contribution is -0.0148. The molecule has 0 bridgehead atoms. The maximum absolute atomic E-state index is 6.55. The van der Waals surface area contributed by atoms with Crippen molar-refractivity contribution in [2.75, 3.05) is 19.6 Å². The second kappa shape index (κ2) is 7.97. The molecule has 0 spiro atoms. The lowest BCUT2D eigenvalue weighted by atomic mass is 10.1. The van der Waals surface area contributed by atoms with E-state index in [0.29, 0.717) is 33.4 Å². The molecule has 1 saturated heterocycles. The van der Waals surface area contributed by atoms with Crippen molar-refractivity contribution in [1.29, 1.82) is 0 Å². The molecule has 0 amide bonds. The van der Waals surface area contributed by atoms with Crippen LogP contribution in [0.3, 0.4) is 0 Å². The first-order valence-corrected chi connectivity index (χ1v) is 10.6. The highest BCUT2D eigenvalue weighted by molar-refractivity contribution is 7.12. The number of aliphatic imine (C=N–C) groups is 1. The van der Waals surface area contributed by atoms with Gasteiger partial charge in [0.2, 0.25) is 0 Å². The second-order valence-electron chi connectivity index (χ2n) is 7.77. The first-order chi connectivity index (χ1) is 13.1. The van der Waals surface area contributed by atoms with Gasteiger partial charge in [0.1, 0.15) is 15.5 Å². The first kappa shape index (κ1) is 21.0. The molecule has 1 fully saturated rings. The molecular formula is C19H25Cl2N5OS. The van der Waals surface area contributed by atoms with E-state index in [1.807, 2.05) is 20.8 Å². The molecule has 3 rings (SSSR count). The molecule has 1 aromatic rings. The number of thiazole rings is 1. The summed E-state index contributed by atoms with van der Waals surface area (Å²) in [7, 11) is 0. The number of piperazine rings is 1. The maximum atomic E-state index is 6.55. The van der Waals surface area contributed by atoms with E-state index >= 15 is 0 Å². The molecule has 0 saturated carbocycles. The zero-order valence-electron chi connectivity index (χ0n) is 16.6. The Kier molecular flexibility index (Phi) is 5.98. The van der Waals surface area contributed by atoms with Crippen molar-refractivity contribution in [3.05, 3.63) is 51.1 Å². The highest BCUT2D eigenvalue weighted by Gasteiger charge is 2.32. The number of nitrogens with zero attached hydrogens (tertiary/aromatic N) is 4. The van der Waals surface area contributed by atoms with Crippen LogP contribution in [0.1, 0.15) is 32.6 Å². The van der Waals surface area contributed by atoms with Gasteiger partial charge in [-0.3, -0.25) is 0 Å². The van der Waals surface area contributed by atoms with Crippen LogP contribution in [0.15, 0.2) is 46.1 Å². The van der Waals surface area contributed by atoms with Gasteiger partial charge in [-0.15, -0.1) is 11.3 Å². The summed E-state index contributed by atoms with van der Waals surface area (Å²) in [6.45, 7) is 18.6. The molecular weight excluding hydrogens is 417 g/mol. The van der Waals surface area contributed by atoms with Gasteiger partial charge < -0.3 is 19.9 Å². The number of hydrogen-bond acceptors (Lipinski definition) is 7. The molecule has 1 aromatic heterocycles. The minimum Gasteiger partial charge on any atom is -0.474 e. The van der Waals surface area contributed by atoms with Gasteiger partial charge in [0.15, 0.2) is 22.7 Å². The number of hydrogen-bond donors (Lipinski definition) is 1. The van der Waals surface area contributed by atoms with Crippen LogP contribution in [0, 0.1) is 0 Å². The van der Waals surface area contributed by atoms with Crippen molar-refractivity contribution in [3.8, 4) is 0 Å². The molecule has 0 unspecified atom stereocenters. The van der Waals surface area contributed by atoms with E-state index in [4.69, 9.17) is 32.9 Å². The molecule has 28 heavy (non-hydrogen) atoms. The van der Waals surface area contributed by atoms with Gasteiger partial charge in [-0.2, -0.15) is 0 Å². The topological polar surface area (TPSA) is 53.0 Å². The van der Waals surface area contributed by atoms with Gasteiger partial charge in [-0.25, -0.2) is 9.98 Å². The second-order valence-corrected chi connectivity index (χ2v) is 9.36. The summed E-state index contributed by atoms with van der Waals surface area (Å²) < 4.78 is 5.93. The number of allylic oxidation sites excluding steroid dienone is 1. The Morgan fingerprint density at radius 1 is 1.36 bits per heavy atom. The SMILES string of the molecule is C=C1NC(c2scnc2Cl)=NC(N2CCN(C(=C)OC(C)(C)C)C[C@H]2C)=C1Cl. The minimum atomic E-state index is -0.275. The Balaban J connectivity index is 1.80. The summed E-state index contributed by atoms with van der Waals surface area (Å²) >= 11 is 14.2. The lowest BCUT2D eigenvalue weighted by Crippen LogP contribution is -2.52. The summed E-state index contributed by atoms with van der Waals surface area (Å²) in [6, 6.07) is 0.158. The molecule has 1 N–H and O–H groups in total. The average molecular weight is 442 g/mol. The van der Waals surface area contributed by atoms with Crippen LogP contribution in [-0.2, 0) is 4.74 Å². The van der Waals surface area contributed by atoms with Crippen molar-refractivity contribution in [2.45, 2.75) is 39.3 Å². The minimum absolute atomic E-state index is 0.158. The molecule has 0 aromatic carbocycles. The molecule has 2 aliphatic rings. The number of amidine groups is 1. The van der Waals surface area contributed by atoms with Crippen molar-refractivity contribution >= 4 is 40.4 Å². The highest BCUT2D eigenvalue weighted by Crippen LogP contribution is 2.31. The van der Waals surface area contributed by atoms with Crippen LogP contribution in [0.2, 0.25) is 5.15 Å². The normalized spacial score (nSPS) is 20.9. The van der Waals surface area contributed by atoms with E-state index in [1.54, 1.807) is 5.51 Å². The predicted octanol–water partition coefficient (Wildman–Crippen LogP) is 4.36. The van der Waals surface area contributed by atoms with E-state index in [9.17, 15) is 0 Å². The predicted molar refractivity (Wildman–Crippen MR) is 117 cm³/mol. The third kappa shape index (κ3) is 4.47. The molecule has 152 valence electrons. The van der Waals surface area contributed by atoms with Crippen molar-refractivity contribution in [3.63, 3.8) is 0 Å². The fraction of sp³-hybridized carbons (Fsp3) is 0.474. The number of halogens is 2. The first-order valence-electron chi connectivity index (χ1n) is 9.00. The average Bonchev–Trinajstić information content (AvgIpc) is 3.02. The van der Waals surface area contributed by atoms with Crippen LogP contribution in [0.25, 0.3) is 0 Å². The van der Waals surface area contributed by atoms with Gasteiger partial charge in [-0.1, -0.05) is 29.8 Å². The number of nitrogens with one attached hydrogen (secondary N) is 1. The summed E-state index contributed by atoms with van der Waals surface area (Å²) in [5, 5.41) is 4.05. The van der Waals surface area contributed by atoms with E-state index in [-0.39, 0.29) is 11.6 Å². The zero-order chi connectivity index (χ0) is 20.6. The van der Waals surface area contributed by atoms with Crippen LogP contribution >= 0.6 is 34.5 Å². The van der Waals surface area contributed by atoms with Crippen LogP contribution in [-0.4, -0.2) is 51.9 Å². The van der Waals surface area contributed by atoms with Crippen LogP contribution < -0.4 is 5.32 Å². The van der Waals surface area contributed by atoms with Crippen molar-refractivity contribution in [1.82, 2.24) is 20.1 Å². The monoisotopic (exact) mass is 441 g/mol. The largest absolute Gasteiger partial charge is 0.474 e. The van der Waals surface area contributed by atoms with Gasteiger partial charge in [0.05, 0.1) is 11.2 Å². The Morgan fingerprint density at radius 3 is 2.64 bits per heavy atom. The van der Waals surface area contributed by atoms with Gasteiger partial charge in [-0.05, 0) is 34.3 Å². The summed E-state index contributed by atoms with van der Waals surface area (Å²) in [5.74, 6) is 2.00. The summed E-state index contributed by atoms with van der Waals surface area (Å²) in [4.78, 5) is 13.9. The Morgan fingerprint density at radius 2 is 2.07 bits per heavy atom. The molecule has 3 heterocycles. The Hall–Kier alpha value is -1.70. The smallest absolute Gasteiger partial charge is 0.182 e. The van der Waals surface area contributed by atoms with Crippen LogP contribution in [0.4, 0.5) is 0 Å². The van der Waals surface area contributed by atoms with Gasteiger partial charge >= 0.3 is 0 Å². The maximum Gasteiger partial charge on any atom is 0.182 e. The van der Waals surface area contributed by atoms with Crippen molar-refractivity contribution in [2.24, 2.45) is 4.99 Å². The quantitative estimate of drug-likeness (QED) is 0.703. The van der Waals surface area contributed by atoms with E-state index in [1.165, 1.54) is 11.3 Å². The fourth-order valence-corrected chi connectivity index (χ4v) is 4.27. The Labute approximate surface area is 180 Å². The molecule has 6 nitrogen and oxygen atoms in total. The molecule has 0 aliphatic carbocycles. The Bertz CT molecular complexity index is 855. The molecule has 9 heteroatoms. The van der Waals surface area contributed by atoms with Crippen LogP contribution in [0.5, 0.6) is 0 Å². The highest BCUT2D eigenvalue weighted by atomic mass is 35.5. The van der Waals surface area contributed by atoms with E-state index in [2.05, 4.69) is 40.2 Å². The zero-order valence-corrected chi connectivity index (χ0v) is 18.9. The number of ether oxygens (including phenoxy) is 1.